The molecule has 2 N–H and O–H groups in total. The van der Waals surface area contributed by atoms with Gasteiger partial charge in [-0.15, -0.1) is 0 Å². The molecule has 0 unspecified atom stereocenters. The summed E-state index contributed by atoms with van der Waals surface area (Å²) in [6.45, 7) is 3.66. The van der Waals surface area contributed by atoms with E-state index in [1.807, 2.05) is 18.2 Å². The molecule has 0 bridgehead atoms. The maximum atomic E-state index is 13.3. The summed E-state index contributed by atoms with van der Waals surface area (Å²) in [5.74, 6) is 0.104. The van der Waals surface area contributed by atoms with Crippen molar-refractivity contribution in [3.8, 4) is 0 Å². The van der Waals surface area contributed by atoms with Crippen LogP contribution in [0.15, 0.2) is 78.9 Å². The Morgan fingerprint density at radius 3 is 2.50 bits per heavy atom. The quantitative estimate of drug-likeness (QED) is 0.706. The normalized spacial score (nSPS) is 19.5. The molecule has 0 aromatic heterocycles. The zero-order valence-electron chi connectivity index (χ0n) is 16.9. The molecule has 3 aromatic rings. The first-order valence-corrected chi connectivity index (χ1v) is 10.5. The first kappa shape index (κ1) is 18.9. The van der Waals surface area contributed by atoms with Gasteiger partial charge in [0.2, 0.25) is 0 Å². The van der Waals surface area contributed by atoms with Gasteiger partial charge >= 0.3 is 0 Å². The second-order valence-corrected chi connectivity index (χ2v) is 7.91. The fourth-order valence-corrected chi connectivity index (χ4v) is 4.24. The summed E-state index contributed by atoms with van der Waals surface area (Å²) in [6, 6.07) is 24.8. The van der Waals surface area contributed by atoms with Crippen LogP contribution in [-0.2, 0) is 9.53 Å². The van der Waals surface area contributed by atoms with Crippen LogP contribution in [0.2, 0.25) is 0 Å². The summed E-state index contributed by atoms with van der Waals surface area (Å²) >= 11 is 0. The molecule has 2 aliphatic rings. The second kappa shape index (κ2) is 8.30. The minimum Gasteiger partial charge on any atom is -0.370 e. The van der Waals surface area contributed by atoms with Crippen molar-refractivity contribution < 1.29 is 14.4 Å². The van der Waals surface area contributed by atoms with Gasteiger partial charge in [0.15, 0.2) is 6.54 Å². The number of rotatable bonds is 4. The van der Waals surface area contributed by atoms with E-state index < -0.39 is 0 Å². The standard InChI is InChI=1S/C25H25N3O2/c29-25(18-27-12-14-30-15-13-27)28-24(20-7-2-1-3-8-20)17-23(26-28)22-11-10-19-6-4-5-9-21(19)16-22/h1-11,16-17,24,26H,12-15,18H2/p+1/t24-/m1/s1. The molecule has 3 aromatic carbocycles. The van der Waals surface area contributed by atoms with E-state index >= 15 is 0 Å². The highest BCUT2D eigenvalue weighted by Crippen LogP contribution is 2.32. The Kier molecular flexibility index (Phi) is 5.22. The van der Waals surface area contributed by atoms with Crippen molar-refractivity contribution in [2.24, 2.45) is 0 Å². The smallest absolute Gasteiger partial charge is 0.296 e. The van der Waals surface area contributed by atoms with Crippen LogP contribution >= 0.6 is 0 Å². The highest BCUT2D eigenvalue weighted by molar-refractivity contribution is 5.87. The van der Waals surface area contributed by atoms with Crippen LogP contribution in [0.4, 0.5) is 0 Å². The topological polar surface area (TPSA) is 46.0 Å². The average molecular weight is 401 g/mol. The lowest BCUT2D eigenvalue weighted by Crippen LogP contribution is -3.15. The molecule has 0 aliphatic carbocycles. The van der Waals surface area contributed by atoms with Gasteiger partial charge in [0.05, 0.1) is 25.0 Å². The molecule has 0 spiro atoms. The molecule has 1 amide bonds. The molecule has 2 aliphatic heterocycles. The summed E-state index contributed by atoms with van der Waals surface area (Å²) < 4.78 is 5.44. The third kappa shape index (κ3) is 3.82. The van der Waals surface area contributed by atoms with E-state index in [-0.39, 0.29) is 11.9 Å². The Labute approximate surface area is 176 Å². The molecule has 152 valence electrons. The highest BCUT2D eigenvalue weighted by Gasteiger charge is 2.33. The van der Waals surface area contributed by atoms with Crippen LogP contribution < -0.4 is 10.3 Å². The molecule has 5 heteroatoms. The number of amides is 1. The number of fused-ring (bicyclic) bond motifs is 1. The van der Waals surface area contributed by atoms with Gasteiger partial charge in [-0.05, 0) is 34.0 Å². The van der Waals surface area contributed by atoms with Crippen LogP contribution in [0.3, 0.4) is 0 Å². The van der Waals surface area contributed by atoms with Gasteiger partial charge < -0.3 is 9.64 Å². The van der Waals surface area contributed by atoms with E-state index in [0.29, 0.717) is 6.54 Å². The predicted molar refractivity (Wildman–Crippen MR) is 117 cm³/mol. The Morgan fingerprint density at radius 2 is 1.70 bits per heavy atom. The van der Waals surface area contributed by atoms with Crippen molar-refractivity contribution >= 4 is 22.4 Å². The van der Waals surface area contributed by atoms with Gasteiger partial charge in [-0.2, -0.15) is 0 Å². The molecular formula is C25H26N3O2+. The van der Waals surface area contributed by atoms with Crippen LogP contribution in [0, 0.1) is 0 Å². The minimum atomic E-state index is -0.124. The molecule has 5 rings (SSSR count). The van der Waals surface area contributed by atoms with Crippen molar-refractivity contribution in [2.45, 2.75) is 6.04 Å². The number of hydrogen-bond donors (Lipinski definition) is 2. The number of benzene rings is 3. The zero-order valence-corrected chi connectivity index (χ0v) is 16.9. The molecule has 5 nitrogen and oxygen atoms in total. The lowest BCUT2D eigenvalue weighted by Gasteiger charge is -2.29. The van der Waals surface area contributed by atoms with Crippen LogP contribution in [0.5, 0.6) is 0 Å². The summed E-state index contributed by atoms with van der Waals surface area (Å²) in [6.07, 6.45) is 2.16. The van der Waals surface area contributed by atoms with E-state index in [1.165, 1.54) is 15.7 Å². The highest BCUT2D eigenvalue weighted by atomic mass is 16.5. The van der Waals surface area contributed by atoms with Crippen LogP contribution in [0.1, 0.15) is 17.2 Å². The average Bonchev–Trinajstić information content (AvgIpc) is 3.26. The first-order chi connectivity index (χ1) is 14.8. The van der Waals surface area contributed by atoms with Gasteiger partial charge in [-0.1, -0.05) is 66.7 Å². The van der Waals surface area contributed by atoms with Crippen molar-refractivity contribution in [1.29, 1.82) is 0 Å². The molecule has 30 heavy (non-hydrogen) atoms. The van der Waals surface area contributed by atoms with Crippen molar-refractivity contribution in [2.75, 3.05) is 32.8 Å². The molecule has 0 radical (unpaired) electrons. The number of nitrogens with one attached hydrogen (secondary N) is 2. The lowest BCUT2D eigenvalue weighted by atomic mass is 10.0. The molecule has 1 saturated heterocycles. The van der Waals surface area contributed by atoms with Gasteiger partial charge in [-0.3, -0.25) is 10.2 Å². The lowest BCUT2D eigenvalue weighted by molar-refractivity contribution is -0.900. The molecule has 1 fully saturated rings. The number of carbonyl (C=O) groups excluding carboxylic acids is 1. The number of ether oxygens (including phenoxy) is 1. The number of hydrazine groups is 1. The summed E-state index contributed by atoms with van der Waals surface area (Å²) in [5, 5.41) is 4.20. The van der Waals surface area contributed by atoms with Gasteiger partial charge in [0, 0.05) is 0 Å². The van der Waals surface area contributed by atoms with Gasteiger partial charge in [0.25, 0.3) is 5.91 Å². The van der Waals surface area contributed by atoms with Gasteiger partial charge in [-0.25, -0.2) is 5.01 Å². The SMILES string of the molecule is O=C(C[NH+]1CCOCC1)N1NC(c2ccc3ccccc3c2)=C[C@@H]1c1ccccc1. The predicted octanol–water partition coefficient (Wildman–Crippen LogP) is 2.18. The van der Waals surface area contributed by atoms with Gasteiger partial charge in [0.1, 0.15) is 13.1 Å². The molecular weight excluding hydrogens is 374 g/mol. The Balaban J connectivity index is 1.44. The van der Waals surface area contributed by atoms with E-state index in [0.717, 1.165) is 43.1 Å². The maximum Gasteiger partial charge on any atom is 0.296 e. The Hall–Kier alpha value is -3.15. The zero-order chi connectivity index (χ0) is 20.3. The first-order valence-electron chi connectivity index (χ1n) is 10.5. The minimum absolute atomic E-state index is 0.104. The molecule has 1 atom stereocenters. The largest absolute Gasteiger partial charge is 0.370 e. The van der Waals surface area contributed by atoms with E-state index in [4.69, 9.17) is 4.74 Å². The summed E-state index contributed by atoms with van der Waals surface area (Å²) in [5.41, 5.74) is 6.57. The Bertz CT molecular complexity index is 1070. The monoisotopic (exact) mass is 400 g/mol. The van der Waals surface area contributed by atoms with Crippen LogP contribution in [0.25, 0.3) is 16.5 Å². The second-order valence-electron chi connectivity index (χ2n) is 7.91. The third-order valence-electron chi connectivity index (χ3n) is 5.91. The third-order valence-corrected chi connectivity index (χ3v) is 5.91. The number of nitrogens with zero attached hydrogens (tertiary/aromatic N) is 1. The van der Waals surface area contributed by atoms with Crippen molar-refractivity contribution in [3.05, 3.63) is 90.0 Å². The molecule has 0 saturated carbocycles. The number of carbonyl (C=O) groups is 1. The maximum absolute atomic E-state index is 13.3. The van der Waals surface area contributed by atoms with Crippen molar-refractivity contribution in [1.82, 2.24) is 10.4 Å². The summed E-state index contributed by atoms with van der Waals surface area (Å²) in [7, 11) is 0. The number of quaternary nitrogens is 1. The summed E-state index contributed by atoms with van der Waals surface area (Å²) in [4.78, 5) is 14.5. The van der Waals surface area contributed by atoms with E-state index in [2.05, 4.69) is 66.1 Å². The fourth-order valence-electron chi connectivity index (χ4n) is 4.24. The van der Waals surface area contributed by atoms with Crippen LogP contribution in [-0.4, -0.2) is 43.8 Å². The van der Waals surface area contributed by atoms with E-state index in [1.54, 1.807) is 5.01 Å². The fraction of sp³-hybridized carbons (Fsp3) is 0.240. The number of morpholine rings is 1. The van der Waals surface area contributed by atoms with E-state index in [9.17, 15) is 4.79 Å². The van der Waals surface area contributed by atoms with Crippen molar-refractivity contribution in [3.63, 3.8) is 0 Å². The number of hydrogen-bond acceptors (Lipinski definition) is 3. The Morgan fingerprint density at radius 1 is 0.967 bits per heavy atom. The molecule has 2 heterocycles.